The lowest BCUT2D eigenvalue weighted by Crippen LogP contribution is -2.56. The predicted octanol–water partition coefficient (Wildman–Crippen LogP) is 5.85. The van der Waals surface area contributed by atoms with Gasteiger partial charge in [0.25, 0.3) is 5.91 Å². The van der Waals surface area contributed by atoms with Crippen LogP contribution in [-0.2, 0) is 11.0 Å². The van der Waals surface area contributed by atoms with Gasteiger partial charge in [0, 0.05) is 56.6 Å². The number of pyridine rings is 2. The Hall–Kier alpha value is -5.50. The van der Waals surface area contributed by atoms with Gasteiger partial charge in [-0.25, -0.2) is 19.7 Å². The molecule has 0 saturated carbocycles. The highest BCUT2D eigenvalue weighted by Crippen LogP contribution is 2.42. The van der Waals surface area contributed by atoms with Gasteiger partial charge in [0.1, 0.15) is 41.6 Å². The van der Waals surface area contributed by atoms with Gasteiger partial charge in [-0.3, -0.25) is 19.7 Å². The zero-order valence-electron chi connectivity index (χ0n) is 28.0. The van der Waals surface area contributed by atoms with Gasteiger partial charge in [0.05, 0.1) is 22.2 Å². The first-order chi connectivity index (χ1) is 25.4. The Morgan fingerprint density at radius 1 is 1.13 bits per heavy atom. The first kappa shape index (κ1) is 35.9. The minimum atomic E-state index is -4.92. The highest BCUT2D eigenvalue weighted by Gasteiger charge is 2.49. The maximum atomic E-state index is 16.5. The summed E-state index contributed by atoms with van der Waals surface area (Å²) in [7, 11) is 0. The van der Waals surface area contributed by atoms with Crippen molar-refractivity contribution in [2.45, 2.75) is 43.2 Å². The Balaban J connectivity index is 1.27. The first-order valence-corrected chi connectivity index (χ1v) is 16.8. The van der Waals surface area contributed by atoms with Crippen LogP contribution in [0.4, 0.5) is 32.2 Å². The van der Waals surface area contributed by atoms with Gasteiger partial charge in [0.2, 0.25) is 6.54 Å². The number of phenolic OH excluding ortho intramolecular Hbond substituents is 1. The van der Waals surface area contributed by atoms with Gasteiger partial charge < -0.3 is 24.5 Å². The number of aromatic hydroxyl groups is 1. The molecule has 3 aliphatic heterocycles. The third-order valence-corrected chi connectivity index (χ3v) is 9.95. The molecule has 1 amide bonds. The standard InChI is InChI=1S/C36H32F6N8O3/c1-43-16-23-19-48(11-12-50(23)33(52)28(38)13-22-5-2-3-9-44-22)32-26-17-45-30(25-14-24(51)6-7-27(25)36(40,41)42)29(39)31(26)46-34(47-32)53-20-35-8-4-10-49(35)18-21(37)15-35/h2-3,5-7,9,13-14,17,21,23,51H,4,8,10-12,15-16,18-20H2/b28-13-/t21-,23+,35+/m1/s1. The summed E-state index contributed by atoms with van der Waals surface area (Å²) in [6.07, 6.45) is -0.753. The molecule has 1 N–H and O–H groups in total. The minimum Gasteiger partial charge on any atom is -0.508 e. The van der Waals surface area contributed by atoms with Crippen LogP contribution in [0.25, 0.3) is 33.1 Å². The molecule has 11 nitrogen and oxygen atoms in total. The molecule has 0 spiro atoms. The third-order valence-electron chi connectivity index (χ3n) is 9.95. The lowest BCUT2D eigenvalue weighted by atomic mass is 9.95. The molecule has 0 radical (unpaired) electrons. The molecule has 0 aliphatic carbocycles. The average Bonchev–Trinajstić information content (AvgIpc) is 3.66. The molecule has 0 unspecified atom stereocenters. The number of benzene rings is 1. The van der Waals surface area contributed by atoms with E-state index < -0.39 is 69.6 Å². The van der Waals surface area contributed by atoms with Crippen LogP contribution in [0.1, 0.15) is 30.5 Å². The zero-order chi connectivity index (χ0) is 37.5. The van der Waals surface area contributed by atoms with Crippen LogP contribution in [0.2, 0.25) is 0 Å². The third kappa shape index (κ3) is 7.02. The Kier molecular flexibility index (Phi) is 9.58. The Labute approximate surface area is 299 Å². The number of amides is 1. The Morgan fingerprint density at radius 2 is 1.96 bits per heavy atom. The molecule has 4 aromatic rings. The van der Waals surface area contributed by atoms with Gasteiger partial charge in [-0.1, -0.05) is 6.07 Å². The van der Waals surface area contributed by atoms with Crippen LogP contribution in [0.3, 0.4) is 0 Å². The van der Waals surface area contributed by atoms with Crippen molar-refractivity contribution in [3.63, 3.8) is 0 Å². The van der Waals surface area contributed by atoms with E-state index in [1.165, 1.54) is 17.2 Å². The summed E-state index contributed by atoms with van der Waals surface area (Å²) in [6.45, 7) is 8.07. The van der Waals surface area contributed by atoms with Crippen molar-refractivity contribution in [1.82, 2.24) is 29.7 Å². The quantitative estimate of drug-likeness (QED) is 0.135. The normalized spacial score (nSPS) is 22.2. The number of carbonyl (C=O) groups excluding carboxylic acids is 1. The predicted molar refractivity (Wildman–Crippen MR) is 180 cm³/mol. The van der Waals surface area contributed by atoms with Crippen molar-refractivity contribution >= 4 is 28.7 Å². The number of ether oxygens (including phenoxy) is 1. The van der Waals surface area contributed by atoms with Crippen molar-refractivity contribution in [1.29, 1.82) is 0 Å². The van der Waals surface area contributed by atoms with Crippen molar-refractivity contribution in [2.75, 3.05) is 50.8 Å². The number of alkyl halides is 4. The van der Waals surface area contributed by atoms with Gasteiger partial charge >= 0.3 is 12.2 Å². The molecule has 3 aromatic heterocycles. The van der Waals surface area contributed by atoms with Crippen molar-refractivity contribution in [3.05, 3.63) is 83.1 Å². The number of fused-ring (bicyclic) bond motifs is 2. The zero-order valence-corrected chi connectivity index (χ0v) is 28.0. The molecule has 276 valence electrons. The molecule has 6 heterocycles. The fourth-order valence-corrected chi connectivity index (χ4v) is 7.50. The molecule has 3 atom stereocenters. The van der Waals surface area contributed by atoms with Gasteiger partial charge in [-0.05, 0) is 49.7 Å². The number of anilines is 1. The number of hydrogen-bond donors (Lipinski definition) is 1. The molecule has 53 heavy (non-hydrogen) atoms. The molecular formula is C36H32F6N8O3. The van der Waals surface area contributed by atoms with Crippen LogP contribution in [0.5, 0.6) is 11.8 Å². The van der Waals surface area contributed by atoms with E-state index in [1.807, 2.05) is 4.90 Å². The second-order valence-electron chi connectivity index (χ2n) is 13.3. The summed E-state index contributed by atoms with van der Waals surface area (Å²) in [6, 6.07) is 5.83. The fourth-order valence-electron chi connectivity index (χ4n) is 7.50. The topological polar surface area (TPSA) is 112 Å². The maximum absolute atomic E-state index is 16.5. The summed E-state index contributed by atoms with van der Waals surface area (Å²) in [5.41, 5.74) is -3.54. The maximum Gasteiger partial charge on any atom is 0.417 e. The summed E-state index contributed by atoms with van der Waals surface area (Å²) < 4.78 is 94.3. The average molecular weight is 739 g/mol. The highest BCUT2D eigenvalue weighted by atomic mass is 19.4. The number of phenols is 1. The number of carbonyl (C=O) groups is 1. The number of nitrogens with zero attached hydrogens (tertiary/aromatic N) is 8. The van der Waals surface area contributed by atoms with Crippen molar-refractivity contribution in [2.24, 2.45) is 0 Å². The van der Waals surface area contributed by atoms with Crippen LogP contribution < -0.4 is 9.64 Å². The van der Waals surface area contributed by atoms with E-state index in [1.54, 1.807) is 17.0 Å². The van der Waals surface area contributed by atoms with Gasteiger partial charge in [-0.2, -0.15) is 23.1 Å². The largest absolute Gasteiger partial charge is 0.508 e. The van der Waals surface area contributed by atoms with E-state index in [2.05, 4.69) is 24.8 Å². The number of aromatic nitrogens is 4. The molecule has 17 heteroatoms. The highest BCUT2D eigenvalue weighted by molar-refractivity contribution is 5.96. The van der Waals surface area contributed by atoms with E-state index in [-0.39, 0.29) is 68.7 Å². The van der Waals surface area contributed by atoms with Crippen LogP contribution >= 0.6 is 0 Å². The second kappa shape index (κ2) is 14.1. The molecule has 0 bridgehead atoms. The molecule has 3 saturated heterocycles. The SMILES string of the molecule is [C-]#[N+]C[C@H]1CN(c2nc(OC[C@@]34CCCN3C[C@H](F)C4)nc3c(F)c(-c4cc(O)ccc4C(F)(F)F)ncc23)CCN1C(=O)/C(F)=C/c1ccccn1. The Morgan fingerprint density at radius 3 is 2.72 bits per heavy atom. The van der Waals surface area contributed by atoms with E-state index in [4.69, 9.17) is 11.3 Å². The molecular weight excluding hydrogens is 706 g/mol. The molecule has 3 fully saturated rings. The first-order valence-electron chi connectivity index (χ1n) is 16.8. The smallest absolute Gasteiger partial charge is 0.417 e. The van der Waals surface area contributed by atoms with Gasteiger partial charge in [-0.15, -0.1) is 0 Å². The van der Waals surface area contributed by atoms with E-state index in [9.17, 15) is 27.5 Å². The minimum absolute atomic E-state index is 0.0137. The lowest BCUT2D eigenvalue weighted by Gasteiger charge is -2.39. The van der Waals surface area contributed by atoms with Crippen molar-refractivity contribution in [3.8, 4) is 23.0 Å². The number of halogens is 6. The summed E-state index contributed by atoms with van der Waals surface area (Å²) in [5, 5.41) is 10.0. The monoisotopic (exact) mass is 738 g/mol. The summed E-state index contributed by atoms with van der Waals surface area (Å²) in [5.74, 6) is -3.77. The van der Waals surface area contributed by atoms with Crippen LogP contribution in [-0.4, -0.2) is 104 Å². The van der Waals surface area contributed by atoms with Crippen LogP contribution in [0.15, 0.2) is 54.6 Å². The molecule has 3 aliphatic rings. The molecule has 1 aromatic carbocycles. The van der Waals surface area contributed by atoms with E-state index in [0.29, 0.717) is 19.0 Å². The summed E-state index contributed by atoms with van der Waals surface area (Å²) >= 11 is 0. The van der Waals surface area contributed by atoms with E-state index in [0.717, 1.165) is 30.8 Å². The number of piperazine rings is 1. The molecule has 7 rings (SSSR count). The number of rotatable bonds is 8. The second-order valence-corrected chi connectivity index (χ2v) is 13.3. The van der Waals surface area contributed by atoms with Crippen LogP contribution in [0, 0.1) is 12.4 Å². The van der Waals surface area contributed by atoms with Crippen molar-refractivity contribution < 1.29 is 41.0 Å². The lowest BCUT2D eigenvalue weighted by molar-refractivity contribution is -0.137. The summed E-state index contributed by atoms with van der Waals surface area (Å²) in [4.78, 5) is 38.4. The number of hydrogen-bond acceptors (Lipinski definition) is 9. The Bertz CT molecular complexity index is 2110. The van der Waals surface area contributed by atoms with E-state index >= 15 is 8.78 Å². The van der Waals surface area contributed by atoms with Gasteiger partial charge in [0.15, 0.2) is 11.6 Å². The fraction of sp³-hybridized carbons (Fsp3) is 0.389.